The van der Waals surface area contributed by atoms with E-state index in [2.05, 4.69) is 14.3 Å². The molecule has 2 aromatic rings. The molecule has 0 fully saturated rings. The topological polar surface area (TPSA) is 60.0 Å². The Morgan fingerprint density at radius 1 is 1.56 bits per heavy atom. The van der Waals surface area contributed by atoms with E-state index in [-0.39, 0.29) is 0 Å². The molecule has 2 N–H and O–H groups in total. The minimum atomic E-state index is 0.617. The summed E-state index contributed by atoms with van der Waals surface area (Å²) in [5, 5.41) is 1.10. The second-order valence-electron chi connectivity index (χ2n) is 3.81. The van der Waals surface area contributed by atoms with Crippen LogP contribution in [0.1, 0.15) is 11.4 Å². The van der Waals surface area contributed by atoms with Crippen LogP contribution in [-0.2, 0) is 13.6 Å². The van der Waals surface area contributed by atoms with Gasteiger partial charge in [0.25, 0.3) is 0 Å². The molecule has 0 aliphatic rings. The van der Waals surface area contributed by atoms with Crippen LogP contribution in [0.5, 0.6) is 0 Å². The van der Waals surface area contributed by atoms with E-state index in [1.54, 1.807) is 6.20 Å². The summed E-state index contributed by atoms with van der Waals surface area (Å²) >= 11 is 1.43. The highest BCUT2D eigenvalue weighted by molar-refractivity contribution is 7.10. The maximum atomic E-state index is 5.73. The van der Waals surface area contributed by atoms with Gasteiger partial charge in [0.15, 0.2) is 0 Å². The molecule has 2 aromatic heterocycles. The third-order valence-electron chi connectivity index (χ3n) is 2.58. The zero-order valence-electron chi connectivity index (χ0n) is 9.64. The number of hydrogen-bond donors (Lipinski definition) is 1. The molecule has 0 amide bonds. The highest BCUT2D eigenvalue weighted by Crippen LogP contribution is 2.29. The average molecular weight is 237 g/mol. The summed E-state index contributed by atoms with van der Waals surface area (Å²) in [6.45, 7) is 2.75. The van der Waals surface area contributed by atoms with Crippen LogP contribution < -0.4 is 10.6 Å². The van der Waals surface area contributed by atoms with Crippen molar-refractivity contribution in [3.05, 3.63) is 23.8 Å². The Labute approximate surface area is 98.7 Å². The first-order valence-electron chi connectivity index (χ1n) is 4.98. The fourth-order valence-electron chi connectivity index (χ4n) is 1.53. The van der Waals surface area contributed by atoms with Gasteiger partial charge in [0.2, 0.25) is 0 Å². The first kappa shape index (κ1) is 10.9. The second-order valence-corrected chi connectivity index (χ2v) is 4.56. The van der Waals surface area contributed by atoms with Crippen molar-refractivity contribution in [2.75, 3.05) is 17.7 Å². The van der Waals surface area contributed by atoms with E-state index in [1.807, 2.05) is 31.8 Å². The standard InChI is InChI=1S/C10H15N5S/c1-7-9(11)13-16-10(7)15(3)6-8-12-4-5-14(8)2/h4-5H,6H2,1-3H3,(H2,11,13). The fraction of sp³-hybridized carbons (Fsp3) is 0.400. The predicted molar refractivity (Wildman–Crippen MR) is 66.6 cm³/mol. The molecule has 0 bridgehead atoms. The van der Waals surface area contributed by atoms with Crippen LogP contribution in [0.2, 0.25) is 0 Å². The van der Waals surface area contributed by atoms with Gasteiger partial charge in [-0.15, -0.1) is 0 Å². The Kier molecular flexibility index (Phi) is 2.82. The molecule has 0 aromatic carbocycles. The molecular formula is C10H15N5S. The minimum Gasteiger partial charge on any atom is -0.383 e. The number of imidazole rings is 1. The zero-order chi connectivity index (χ0) is 11.7. The van der Waals surface area contributed by atoms with Gasteiger partial charge >= 0.3 is 0 Å². The lowest BCUT2D eigenvalue weighted by atomic mass is 10.3. The first-order valence-corrected chi connectivity index (χ1v) is 5.76. The van der Waals surface area contributed by atoms with Crippen LogP contribution in [-0.4, -0.2) is 21.0 Å². The van der Waals surface area contributed by atoms with Gasteiger partial charge in [-0.3, -0.25) is 0 Å². The monoisotopic (exact) mass is 237 g/mol. The Morgan fingerprint density at radius 2 is 2.31 bits per heavy atom. The van der Waals surface area contributed by atoms with E-state index in [4.69, 9.17) is 5.73 Å². The fourth-order valence-corrected chi connectivity index (χ4v) is 2.29. The van der Waals surface area contributed by atoms with Crippen molar-refractivity contribution in [3.8, 4) is 0 Å². The van der Waals surface area contributed by atoms with E-state index in [1.165, 1.54) is 11.5 Å². The van der Waals surface area contributed by atoms with Gasteiger partial charge in [0, 0.05) is 32.1 Å². The van der Waals surface area contributed by atoms with Gasteiger partial charge in [-0.2, -0.15) is 4.37 Å². The van der Waals surface area contributed by atoms with Crippen LogP contribution in [0.15, 0.2) is 12.4 Å². The highest BCUT2D eigenvalue weighted by Gasteiger charge is 2.12. The Bertz CT molecular complexity index is 487. The largest absolute Gasteiger partial charge is 0.383 e. The highest BCUT2D eigenvalue weighted by atomic mass is 32.1. The summed E-state index contributed by atoms with van der Waals surface area (Å²) in [7, 11) is 4.01. The first-order chi connectivity index (χ1) is 7.59. The number of rotatable bonds is 3. The van der Waals surface area contributed by atoms with Crippen LogP contribution in [0, 0.1) is 6.92 Å². The maximum absolute atomic E-state index is 5.73. The van der Waals surface area contributed by atoms with Crippen LogP contribution in [0.25, 0.3) is 0 Å². The summed E-state index contributed by atoms with van der Waals surface area (Å²) in [5.41, 5.74) is 6.78. The molecule has 2 rings (SSSR count). The van der Waals surface area contributed by atoms with Gasteiger partial charge in [-0.05, 0) is 18.5 Å². The quantitative estimate of drug-likeness (QED) is 0.876. The van der Waals surface area contributed by atoms with Gasteiger partial charge in [0.05, 0.1) is 6.54 Å². The minimum absolute atomic E-state index is 0.617. The maximum Gasteiger partial charge on any atom is 0.142 e. The van der Waals surface area contributed by atoms with E-state index in [0.29, 0.717) is 5.82 Å². The molecule has 6 heteroatoms. The lowest BCUT2D eigenvalue weighted by Gasteiger charge is -2.17. The van der Waals surface area contributed by atoms with Crippen molar-refractivity contribution in [1.82, 2.24) is 13.9 Å². The second kappa shape index (κ2) is 4.13. The molecule has 0 atom stereocenters. The molecular weight excluding hydrogens is 222 g/mol. The smallest absolute Gasteiger partial charge is 0.142 e. The van der Waals surface area contributed by atoms with E-state index < -0.39 is 0 Å². The van der Waals surface area contributed by atoms with Crippen molar-refractivity contribution in [3.63, 3.8) is 0 Å². The number of hydrogen-bond acceptors (Lipinski definition) is 5. The van der Waals surface area contributed by atoms with Crippen molar-refractivity contribution in [2.24, 2.45) is 7.05 Å². The summed E-state index contributed by atoms with van der Waals surface area (Å²) in [5.74, 6) is 1.64. The van der Waals surface area contributed by atoms with Gasteiger partial charge in [-0.25, -0.2) is 4.98 Å². The van der Waals surface area contributed by atoms with E-state index in [0.717, 1.165) is 22.9 Å². The molecule has 0 radical (unpaired) electrons. The number of aryl methyl sites for hydroxylation is 1. The lowest BCUT2D eigenvalue weighted by Crippen LogP contribution is -2.18. The number of aromatic nitrogens is 3. The Balaban J connectivity index is 2.18. The molecule has 0 spiro atoms. The third-order valence-corrected chi connectivity index (χ3v) is 3.66. The molecule has 5 nitrogen and oxygen atoms in total. The number of anilines is 2. The number of nitrogen functional groups attached to an aromatic ring is 1. The van der Waals surface area contributed by atoms with Crippen molar-refractivity contribution in [2.45, 2.75) is 13.5 Å². The van der Waals surface area contributed by atoms with Crippen molar-refractivity contribution in [1.29, 1.82) is 0 Å². The van der Waals surface area contributed by atoms with Crippen LogP contribution >= 0.6 is 11.5 Å². The summed E-state index contributed by atoms with van der Waals surface area (Å²) < 4.78 is 6.15. The molecule has 0 saturated carbocycles. The lowest BCUT2D eigenvalue weighted by molar-refractivity contribution is 0.764. The third kappa shape index (κ3) is 1.88. The molecule has 0 saturated heterocycles. The molecule has 0 aliphatic carbocycles. The number of nitrogens with two attached hydrogens (primary N) is 1. The molecule has 0 unspecified atom stereocenters. The van der Waals surface area contributed by atoms with Gasteiger partial charge in [0.1, 0.15) is 16.6 Å². The SMILES string of the molecule is Cc1c(N)nsc1N(C)Cc1nccn1C. The normalized spacial score (nSPS) is 10.7. The average Bonchev–Trinajstić information content (AvgIpc) is 2.77. The summed E-state index contributed by atoms with van der Waals surface area (Å²) in [6.07, 6.45) is 3.74. The van der Waals surface area contributed by atoms with Crippen LogP contribution in [0.3, 0.4) is 0 Å². The molecule has 0 aliphatic heterocycles. The Hall–Kier alpha value is -1.56. The predicted octanol–water partition coefficient (Wildman–Crippen LogP) is 1.40. The summed E-state index contributed by atoms with van der Waals surface area (Å²) in [6, 6.07) is 0. The van der Waals surface area contributed by atoms with E-state index in [9.17, 15) is 0 Å². The zero-order valence-corrected chi connectivity index (χ0v) is 10.5. The van der Waals surface area contributed by atoms with Crippen molar-refractivity contribution < 1.29 is 0 Å². The molecule has 2 heterocycles. The Morgan fingerprint density at radius 3 is 2.81 bits per heavy atom. The van der Waals surface area contributed by atoms with Gasteiger partial charge in [-0.1, -0.05) is 0 Å². The van der Waals surface area contributed by atoms with Crippen LogP contribution in [0.4, 0.5) is 10.8 Å². The van der Waals surface area contributed by atoms with Crippen molar-refractivity contribution >= 4 is 22.4 Å². The van der Waals surface area contributed by atoms with E-state index >= 15 is 0 Å². The van der Waals surface area contributed by atoms with Gasteiger partial charge < -0.3 is 15.2 Å². The molecule has 86 valence electrons. The summed E-state index contributed by atoms with van der Waals surface area (Å²) in [4.78, 5) is 6.41. The number of nitrogens with zero attached hydrogens (tertiary/aromatic N) is 4. The molecule has 16 heavy (non-hydrogen) atoms.